The largest absolute Gasteiger partial charge is 1.00 e. The van der Waals surface area contributed by atoms with Gasteiger partial charge in [-0.1, -0.05) is 12.1 Å². The van der Waals surface area contributed by atoms with Crippen molar-refractivity contribution in [3.63, 3.8) is 0 Å². The van der Waals surface area contributed by atoms with Gasteiger partial charge in [-0.05, 0) is 56.1 Å². The SMILES string of the molecule is CC(=Nc1ccc(C)cc1O[Si](C)C)c1cccs1.[H+]. The maximum Gasteiger partial charge on any atom is 1.00 e. The first-order valence-corrected chi connectivity index (χ1v) is 9.53. The molecule has 99 valence electrons. The van der Waals surface area contributed by atoms with E-state index in [1.807, 2.05) is 19.1 Å². The summed E-state index contributed by atoms with van der Waals surface area (Å²) in [5, 5.41) is 2.07. The van der Waals surface area contributed by atoms with Gasteiger partial charge in [0.15, 0.2) is 0 Å². The molecule has 0 aliphatic rings. The summed E-state index contributed by atoms with van der Waals surface area (Å²) >= 11 is 1.71. The molecule has 0 aliphatic carbocycles. The molecule has 0 saturated heterocycles. The van der Waals surface area contributed by atoms with Crippen LogP contribution in [0.15, 0.2) is 40.7 Å². The van der Waals surface area contributed by atoms with Crippen molar-refractivity contribution in [1.29, 1.82) is 0 Å². The molecule has 1 heterocycles. The van der Waals surface area contributed by atoms with Crippen LogP contribution in [-0.4, -0.2) is 14.8 Å². The molecular weight excluding hydrogens is 270 g/mol. The normalized spacial score (nSPS) is 11.9. The van der Waals surface area contributed by atoms with E-state index >= 15 is 0 Å². The molecule has 0 atom stereocenters. The third-order valence-corrected chi connectivity index (χ3v) is 4.20. The number of rotatable bonds is 4. The van der Waals surface area contributed by atoms with Gasteiger partial charge in [0.2, 0.25) is 0 Å². The lowest BCUT2D eigenvalue weighted by Crippen LogP contribution is -2.11. The van der Waals surface area contributed by atoms with Crippen LogP contribution in [0.1, 0.15) is 18.8 Å². The first-order chi connectivity index (χ1) is 9.06. The predicted octanol–water partition coefficient (Wildman–Crippen LogP) is 4.94. The molecule has 0 unspecified atom stereocenters. The summed E-state index contributed by atoms with van der Waals surface area (Å²) < 4.78 is 5.94. The van der Waals surface area contributed by atoms with Crippen LogP contribution >= 0.6 is 11.3 Å². The van der Waals surface area contributed by atoms with Crippen molar-refractivity contribution < 1.29 is 5.85 Å². The lowest BCUT2D eigenvalue weighted by molar-refractivity contribution is 0.581. The Bertz CT molecular complexity index is 582. The fraction of sp³-hybridized carbons (Fsp3) is 0.267. The minimum Gasteiger partial charge on any atom is -0.541 e. The minimum absolute atomic E-state index is 0. The van der Waals surface area contributed by atoms with Gasteiger partial charge in [-0.3, -0.25) is 0 Å². The third kappa shape index (κ3) is 3.78. The maximum atomic E-state index is 5.94. The van der Waals surface area contributed by atoms with E-state index in [9.17, 15) is 0 Å². The zero-order valence-corrected chi connectivity index (χ0v) is 13.5. The van der Waals surface area contributed by atoms with E-state index < -0.39 is 9.04 Å². The van der Waals surface area contributed by atoms with E-state index in [0.29, 0.717) is 0 Å². The van der Waals surface area contributed by atoms with E-state index in [4.69, 9.17) is 9.42 Å². The lowest BCUT2D eigenvalue weighted by atomic mass is 10.2. The molecule has 19 heavy (non-hydrogen) atoms. The lowest BCUT2D eigenvalue weighted by Gasteiger charge is -2.12. The van der Waals surface area contributed by atoms with E-state index in [0.717, 1.165) is 17.1 Å². The van der Waals surface area contributed by atoms with Crippen molar-refractivity contribution in [2.45, 2.75) is 26.9 Å². The molecule has 0 spiro atoms. The minimum atomic E-state index is -0.781. The summed E-state index contributed by atoms with van der Waals surface area (Å²) in [5.74, 6) is 0.898. The monoisotopic (exact) mass is 289 g/mol. The first-order valence-electron chi connectivity index (χ1n) is 6.24. The van der Waals surface area contributed by atoms with E-state index in [-0.39, 0.29) is 1.43 Å². The van der Waals surface area contributed by atoms with Crippen LogP contribution < -0.4 is 4.43 Å². The van der Waals surface area contributed by atoms with Gasteiger partial charge in [0, 0.05) is 4.88 Å². The molecule has 4 heteroatoms. The number of hydrogen-bond donors (Lipinski definition) is 0. The van der Waals surface area contributed by atoms with Gasteiger partial charge in [0.25, 0.3) is 9.04 Å². The molecule has 0 aliphatic heterocycles. The van der Waals surface area contributed by atoms with Gasteiger partial charge in [-0.2, -0.15) is 0 Å². The second kappa shape index (κ2) is 6.17. The highest BCUT2D eigenvalue weighted by Gasteiger charge is 2.08. The van der Waals surface area contributed by atoms with Gasteiger partial charge in [-0.25, -0.2) is 4.99 Å². The standard InChI is InChI=1S/C15H18NOSSi/c1-11-7-8-13(14(10-11)17-19(3)4)16-12(2)15-6-5-9-18-15/h5-10H,1-4H3/p+1. The Morgan fingerprint density at radius 1 is 1.32 bits per heavy atom. The first kappa shape index (κ1) is 14.0. The van der Waals surface area contributed by atoms with Gasteiger partial charge in [0.05, 0.1) is 5.71 Å². The Morgan fingerprint density at radius 3 is 2.74 bits per heavy atom. The second-order valence-corrected chi connectivity index (χ2v) is 7.62. The third-order valence-electron chi connectivity index (χ3n) is 2.60. The van der Waals surface area contributed by atoms with Crippen LogP contribution in [0.5, 0.6) is 5.75 Å². The number of benzene rings is 1. The van der Waals surface area contributed by atoms with Crippen LogP contribution in [0.4, 0.5) is 5.69 Å². The molecular formula is C15H19NOSSi+. The topological polar surface area (TPSA) is 21.6 Å². The summed E-state index contributed by atoms with van der Waals surface area (Å²) in [6.45, 7) is 8.38. The van der Waals surface area contributed by atoms with Crippen LogP contribution in [-0.2, 0) is 0 Å². The average molecular weight is 289 g/mol. The molecule has 1 radical (unpaired) electrons. The highest BCUT2D eigenvalue weighted by Crippen LogP contribution is 2.30. The molecule has 0 N–H and O–H groups in total. The second-order valence-electron chi connectivity index (χ2n) is 4.66. The molecule has 2 aromatic rings. The van der Waals surface area contributed by atoms with E-state index in [1.165, 1.54) is 10.4 Å². The van der Waals surface area contributed by atoms with Crippen LogP contribution in [0.3, 0.4) is 0 Å². The maximum absolute atomic E-state index is 5.94. The summed E-state index contributed by atoms with van der Waals surface area (Å²) in [6, 6.07) is 10.3. The summed E-state index contributed by atoms with van der Waals surface area (Å²) in [7, 11) is -0.781. The zero-order valence-electron chi connectivity index (χ0n) is 12.7. The number of aryl methyl sites for hydroxylation is 1. The zero-order chi connectivity index (χ0) is 13.8. The predicted molar refractivity (Wildman–Crippen MR) is 86.6 cm³/mol. The number of aliphatic imine (C=N–C) groups is 1. The number of nitrogens with zero attached hydrogens (tertiary/aromatic N) is 1. The Hall–Kier alpha value is -1.39. The highest BCUT2D eigenvalue weighted by molar-refractivity contribution is 7.12. The van der Waals surface area contributed by atoms with Gasteiger partial charge >= 0.3 is 1.43 Å². The van der Waals surface area contributed by atoms with Crippen molar-refractivity contribution in [2.75, 3.05) is 0 Å². The van der Waals surface area contributed by atoms with Crippen molar-refractivity contribution in [1.82, 2.24) is 0 Å². The highest BCUT2D eigenvalue weighted by atomic mass is 32.1. The van der Waals surface area contributed by atoms with Crippen LogP contribution in [0.25, 0.3) is 0 Å². The number of thiophene rings is 1. The van der Waals surface area contributed by atoms with Gasteiger partial charge in [-0.15, -0.1) is 11.3 Å². The van der Waals surface area contributed by atoms with Crippen molar-refractivity contribution in [3.8, 4) is 5.75 Å². The van der Waals surface area contributed by atoms with Gasteiger partial charge < -0.3 is 4.43 Å². The molecule has 0 bridgehead atoms. The van der Waals surface area contributed by atoms with Gasteiger partial charge in [0.1, 0.15) is 11.4 Å². The summed E-state index contributed by atoms with van der Waals surface area (Å²) in [4.78, 5) is 5.91. The molecule has 1 aromatic heterocycles. The molecule has 2 rings (SSSR count). The molecule has 1 aromatic carbocycles. The fourth-order valence-corrected chi connectivity index (χ4v) is 3.02. The van der Waals surface area contributed by atoms with Crippen molar-refractivity contribution >= 4 is 31.8 Å². The van der Waals surface area contributed by atoms with Crippen molar-refractivity contribution in [2.24, 2.45) is 4.99 Å². The van der Waals surface area contributed by atoms with Crippen molar-refractivity contribution in [3.05, 3.63) is 46.2 Å². The molecule has 0 fully saturated rings. The van der Waals surface area contributed by atoms with Crippen LogP contribution in [0.2, 0.25) is 13.1 Å². The molecule has 0 saturated carbocycles. The van der Waals surface area contributed by atoms with Crippen LogP contribution in [0, 0.1) is 6.92 Å². The molecule has 2 nitrogen and oxygen atoms in total. The number of hydrogen-bond acceptors (Lipinski definition) is 3. The fourth-order valence-electron chi connectivity index (χ4n) is 1.74. The Balaban J connectivity index is 0.00000200. The summed E-state index contributed by atoms with van der Waals surface area (Å²) in [6.07, 6.45) is 0. The Morgan fingerprint density at radius 2 is 2.11 bits per heavy atom. The Kier molecular flexibility index (Phi) is 4.55. The summed E-state index contributed by atoms with van der Waals surface area (Å²) in [5.41, 5.74) is 3.15. The van der Waals surface area contributed by atoms with E-state index in [2.05, 4.69) is 43.6 Å². The van der Waals surface area contributed by atoms with E-state index in [1.54, 1.807) is 11.3 Å². The average Bonchev–Trinajstić information content (AvgIpc) is 2.85. The quantitative estimate of drug-likeness (QED) is 0.577. The molecule has 0 amide bonds. The Labute approximate surface area is 122 Å². The smallest absolute Gasteiger partial charge is 0.541 e.